The van der Waals surface area contributed by atoms with Gasteiger partial charge in [0.2, 0.25) is 0 Å². The number of amides is 1. The van der Waals surface area contributed by atoms with Crippen LogP contribution in [0.3, 0.4) is 0 Å². The SMILES string of the molecule is O=C(OCc1cccc2[nH]cnc12)N1C2CCC1CNC2. The predicted molar refractivity (Wildman–Crippen MR) is 77.8 cm³/mol. The predicted octanol–water partition coefficient (Wildman–Crippen LogP) is 1.64. The van der Waals surface area contributed by atoms with Crippen LogP contribution in [0.2, 0.25) is 0 Å². The summed E-state index contributed by atoms with van der Waals surface area (Å²) in [6.45, 7) is 2.02. The molecule has 2 aliphatic heterocycles. The molecule has 2 saturated heterocycles. The zero-order chi connectivity index (χ0) is 14.2. The number of aromatic nitrogens is 2. The van der Waals surface area contributed by atoms with E-state index in [-0.39, 0.29) is 24.8 Å². The van der Waals surface area contributed by atoms with E-state index >= 15 is 0 Å². The van der Waals surface area contributed by atoms with Gasteiger partial charge in [-0.25, -0.2) is 9.78 Å². The lowest BCUT2D eigenvalue weighted by Gasteiger charge is -2.34. The van der Waals surface area contributed by atoms with E-state index in [2.05, 4.69) is 15.3 Å². The number of carbonyl (C=O) groups excluding carboxylic acids is 1. The Labute approximate surface area is 122 Å². The van der Waals surface area contributed by atoms with Crippen LogP contribution in [-0.4, -0.2) is 46.1 Å². The molecule has 2 N–H and O–H groups in total. The van der Waals surface area contributed by atoms with E-state index in [1.807, 2.05) is 23.1 Å². The van der Waals surface area contributed by atoms with Crippen LogP contribution in [0.5, 0.6) is 0 Å². The van der Waals surface area contributed by atoms with Gasteiger partial charge in [-0.05, 0) is 18.9 Å². The summed E-state index contributed by atoms with van der Waals surface area (Å²) in [6, 6.07) is 6.43. The first-order valence-electron chi connectivity index (χ1n) is 7.40. The standard InChI is InChI=1S/C15H18N4O2/c20-15(19-11-4-5-12(19)7-16-6-11)21-8-10-2-1-3-13-14(10)18-9-17-13/h1-3,9,11-12,16H,4-8H2,(H,17,18). The number of aromatic amines is 1. The van der Waals surface area contributed by atoms with Gasteiger partial charge < -0.3 is 15.0 Å². The number of fused-ring (bicyclic) bond motifs is 3. The fourth-order valence-electron chi connectivity index (χ4n) is 3.43. The third-order valence-corrected chi connectivity index (χ3v) is 4.48. The molecule has 110 valence electrons. The number of benzene rings is 1. The minimum absolute atomic E-state index is 0.198. The van der Waals surface area contributed by atoms with Gasteiger partial charge in [0.15, 0.2) is 0 Å². The van der Waals surface area contributed by atoms with Crippen LogP contribution in [0.15, 0.2) is 24.5 Å². The van der Waals surface area contributed by atoms with Gasteiger partial charge in [0.05, 0.1) is 17.4 Å². The van der Waals surface area contributed by atoms with Crippen molar-refractivity contribution in [2.45, 2.75) is 31.5 Å². The van der Waals surface area contributed by atoms with Crippen molar-refractivity contribution in [3.05, 3.63) is 30.1 Å². The fourth-order valence-corrected chi connectivity index (χ4v) is 3.43. The Hall–Kier alpha value is -2.08. The van der Waals surface area contributed by atoms with Crippen LogP contribution >= 0.6 is 0 Å². The second-order valence-corrected chi connectivity index (χ2v) is 5.72. The first kappa shape index (κ1) is 12.6. The monoisotopic (exact) mass is 286 g/mol. The molecule has 21 heavy (non-hydrogen) atoms. The van der Waals surface area contributed by atoms with Crippen LogP contribution < -0.4 is 5.32 Å². The Balaban J connectivity index is 1.47. The third kappa shape index (κ3) is 2.15. The van der Waals surface area contributed by atoms with Gasteiger partial charge in [0, 0.05) is 30.7 Å². The highest BCUT2D eigenvalue weighted by atomic mass is 16.6. The Kier molecular flexibility index (Phi) is 3.03. The minimum atomic E-state index is -0.198. The van der Waals surface area contributed by atoms with Crippen molar-refractivity contribution in [2.75, 3.05) is 13.1 Å². The first-order valence-corrected chi connectivity index (χ1v) is 7.40. The molecule has 6 nitrogen and oxygen atoms in total. The number of carbonyl (C=O) groups is 1. The molecule has 2 aromatic rings. The molecule has 1 aromatic heterocycles. The van der Waals surface area contributed by atoms with Crippen LogP contribution in [0.1, 0.15) is 18.4 Å². The van der Waals surface area contributed by atoms with Crippen molar-refractivity contribution in [3.8, 4) is 0 Å². The molecule has 0 spiro atoms. The van der Waals surface area contributed by atoms with Gasteiger partial charge in [0.25, 0.3) is 0 Å². The van der Waals surface area contributed by atoms with E-state index < -0.39 is 0 Å². The van der Waals surface area contributed by atoms with E-state index in [0.29, 0.717) is 0 Å². The number of piperazine rings is 1. The molecule has 2 fully saturated rings. The van der Waals surface area contributed by atoms with Crippen LogP contribution in [0, 0.1) is 0 Å². The molecule has 2 bridgehead atoms. The van der Waals surface area contributed by atoms with E-state index in [4.69, 9.17) is 4.74 Å². The van der Waals surface area contributed by atoms with Gasteiger partial charge in [-0.3, -0.25) is 4.90 Å². The summed E-state index contributed by atoms with van der Waals surface area (Å²) < 4.78 is 5.53. The Morgan fingerprint density at radius 3 is 2.95 bits per heavy atom. The second kappa shape index (κ2) is 5.04. The maximum absolute atomic E-state index is 12.4. The smallest absolute Gasteiger partial charge is 0.410 e. The highest BCUT2D eigenvalue weighted by molar-refractivity contribution is 5.78. The van der Waals surface area contributed by atoms with Gasteiger partial charge in [-0.1, -0.05) is 12.1 Å². The summed E-state index contributed by atoms with van der Waals surface area (Å²) in [5.41, 5.74) is 2.77. The van der Waals surface area contributed by atoms with E-state index in [1.54, 1.807) is 6.33 Å². The first-order chi connectivity index (χ1) is 10.3. The Morgan fingerprint density at radius 1 is 1.33 bits per heavy atom. The Morgan fingerprint density at radius 2 is 2.14 bits per heavy atom. The lowest BCUT2D eigenvalue weighted by Crippen LogP contribution is -2.54. The summed E-state index contributed by atoms with van der Waals surface area (Å²) in [6.07, 6.45) is 3.60. The number of para-hydroxylation sites is 1. The average molecular weight is 286 g/mol. The van der Waals surface area contributed by atoms with Crippen molar-refractivity contribution in [3.63, 3.8) is 0 Å². The number of imidazole rings is 1. The summed E-state index contributed by atoms with van der Waals surface area (Å²) in [5.74, 6) is 0. The quantitative estimate of drug-likeness (QED) is 0.880. The maximum Gasteiger partial charge on any atom is 0.410 e. The molecule has 0 saturated carbocycles. The van der Waals surface area contributed by atoms with Gasteiger partial charge in [0.1, 0.15) is 6.61 Å². The van der Waals surface area contributed by atoms with E-state index in [0.717, 1.165) is 42.5 Å². The van der Waals surface area contributed by atoms with Crippen molar-refractivity contribution in [2.24, 2.45) is 0 Å². The van der Waals surface area contributed by atoms with Crippen molar-refractivity contribution < 1.29 is 9.53 Å². The number of nitrogens with zero attached hydrogens (tertiary/aromatic N) is 2. The molecule has 1 aromatic carbocycles. The topological polar surface area (TPSA) is 70.2 Å². The maximum atomic E-state index is 12.4. The number of rotatable bonds is 2. The lowest BCUT2D eigenvalue weighted by molar-refractivity contribution is 0.0695. The molecular formula is C15H18N4O2. The third-order valence-electron chi connectivity index (χ3n) is 4.48. The van der Waals surface area contributed by atoms with Crippen LogP contribution in [0.25, 0.3) is 11.0 Å². The van der Waals surface area contributed by atoms with E-state index in [1.165, 1.54) is 0 Å². The van der Waals surface area contributed by atoms with Gasteiger partial charge in [-0.2, -0.15) is 0 Å². The van der Waals surface area contributed by atoms with E-state index in [9.17, 15) is 4.79 Å². The van der Waals surface area contributed by atoms with Crippen molar-refractivity contribution in [1.82, 2.24) is 20.2 Å². The molecule has 6 heteroatoms. The molecule has 3 heterocycles. The number of H-pyrrole nitrogens is 1. The lowest BCUT2D eigenvalue weighted by atomic mass is 10.2. The highest BCUT2D eigenvalue weighted by Crippen LogP contribution is 2.27. The molecule has 4 rings (SSSR count). The van der Waals surface area contributed by atoms with Crippen LogP contribution in [-0.2, 0) is 11.3 Å². The van der Waals surface area contributed by atoms with Crippen molar-refractivity contribution >= 4 is 17.1 Å². The zero-order valence-corrected chi connectivity index (χ0v) is 11.7. The number of hydrogen-bond acceptors (Lipinski definition) is 4. The zero-order valence-electron chi connectivity index (χ0n) is 11.7. The minimum Gasteiger partial charge on any atom is -0.444 e. The molecule has 2 atom stereocenters. The normalized spacial score (nSPS) is 24.5. The molecule has 1 amide bonds. The summed E-state index contributed by atoms with van der Waals surface area (Å²) in [7, 11) is 0. The Bertz CT molecular complexity index is 652. The van der Waals surface area contributed by atoms with Crippen molar-refractivity contribution in [1.29, 1.82) is 0 Å². The molecule has 2 unspecified atom stereocenters. The summed E-state index contributed by atoms with van der Waals surface area (Å²) >= 11 is 0. The average Bonchev–Trinajstić information content (AvgIpc) is 3.07. The number of ether oxygens (including phenoxy) is 1. The molecular weight excluding hydrogens is 268 g/mol. The highest BCUT2D eigenvalue weighted by Gasteiger charge is 2.40. The van der Waals surface area contributed by atoms with Gasteiger partial charge >= 0.3 is 6.09 Å². The number of nitrogens with one attached hydrogen (secondary N) is 2. The second-order valence-electron chi connectivity index (χ2n) is 5.72. The molecule has 0 radical (unpaired) electrons. The fraction of sp³-hybridized carbons (Fsp3) is 0.467. The number of hydrogen-bond donors (Lipinski definition) is 2. The largest absolute Gasteiger partial charge is 0.444 e. The summed E-state index contributed by atoms with van der Waals surface area (Å²) in [4.78, 5) is 21.6. The van der Waals surface area contributed by atoms with Crippen LogP contribution in [0.4, 0.5) is 4.79 Å². The molecule has 0 aliphatic carbocycles. The molecule has 2 aliphatic rings. The summed E-state index contributed by atoms with van der Waals surface area (Å²) in [5, 5.41) is 3.36. The van der Waals surface area contributed by atoms with Gasteiger partial charge in [-0.15, -0.1) is 0 Å².